The fourth-order valence-electron chi connectivity index (χ4n) is 2.79. The predicted molar refractivity (Wildman–Crippen MR) is 113 cm³/mol. The van der Waals surface area contributed by atoms with Gasteiger partial charge in [0.05, 0.1) is 5.69 Å². The summed E-state index contributed by atoms with van der Waals surface area (Å²) < 4.78 is 0. The Balaban J connectivity index is 2.18. The van der Waals surface area contributed by atoms with Gasteiger partial charge in [-0.25, -0.2) is 4.99 Å². The zero-order valence-corrected chi connectivity index (χ0v) is 17.3. The van der Waals surface area contributed by atoms with Crippen LogP contribution in [0.3, 0.4) is 0 Å². The zero-order chi connectivity index (χ0) is 18.8. The highest BCUT2D eigenvalue weighted by Crippen LogP contribution is 2.29. The van der Waals surface area contributed by atoms with Crippen molar-refractivity contribution in [3.05, 3.63) is 63.7 Å². The monoisotopic (exact) mass is 354 g/mol. The highest BCUT2D eigenvalue weighted by molar-refractivity contribution is 8.13. The molecule has 0 saturated carbocycles. The lowest BCUT2D eigenvalue weighted by Gasteiger charge is -2.22. The van der Waals surface area contributed by atoms with Crippen molar-refractivity contribution in [2.45, 2.75) is 59.6 Å². The van der Waals surface area contributed by atoms with E-state index in [1.54, 1.807) is 11.8 Å². The second-order valence-electron chi connectivity index (χ2n) is 7.87. The third-order valence-electron chi connectivity index (χ3n) is 4.52. The smallest absolute Gasteiger partial charge is 0.159 e. The van der Waals surface area contributed by atoms with Gasteiger partial charge >= 0.3 is 0 Å². The minimum Gasteiger partial charge on any atom is -0.378 e. The minimum absolute atomic E-state index is 0.171. The number of aryl methyl sites for hydroxylation is 4. The molecule has 25 heavy (non-hydrogen) atoms. The van der Waals surface area contributed by atoms with Crippen LogP contribution in [0.1, 0.15) is 54.2 Å². The summed E-state index contributed by atoms with van der Waals surface area (Å²) in [6.07, 6.45) is 0. The Morgan fingerprint density at radius 3 is 2.12 bits per heavy atom. The van der Waals surface area contributed by atoms with Crippen LogP contribution in [-0.2, 0) is 11.2 Å². The molecule has 0 aromatic heterocycles. The van der Waals surface area contributed by atoms with Crippen molar-refractivity contribution < 1.29 is 0 Å². The highest BCUT2D eigenvalue weighted by atomic mass is 32.2. The standard InChI is InChI=1S/C22H30N2S/c1-14-8-9-15(2)20(10-14)24-21(23)25-13-19-16(3)11-18(12-17(19)4)22(5,6)7/h8-12H,13H2,1-7H3,(H2,23,24). The first-order chi connectivity index (χ1) is 11.6. The van der Waals surface area contributed by atoms with Gasteiger partial charge in [0.15, 0.2) is 5.17 Å². The molecule has 3 heteroatoms. The summed E-state index contributed by atoms with van der Waals surface area (Å²) in [5.41, 5.74) is 15.1. The topological polar surface area (TPSA) is 38.4 Å². The lowest BCUT2D eigenvalue weighted by molar-refractivity contribution is 0.589. The molecule has 0 aliphatic rings. The van der Waals surface area contributed by atoms with Gasteiger partial charge in [-0.1, -0.05) is 56.8 Å². The Labute approximate surface area is 156 Å². The van der Waals surface area contributed by atoms with Crippen molar-refractivity contribution in [3.8, 4) is 0 Å². The van der Waals surface area contributed by atoms with Crippen molar-refractivity contribution in [3.63, 3.8) is 0 Å². The lowest BCUT2D eigenvalue weighted by Crippen LogP contribution is -2.13. The van der Waals surface area contributed by atoms with E-state index >= 15 is 0 Å². The molecule has 0 amide bonds. The van der Waals surface area contributed by atoms with Crippen molar-refractivity contribution >= 4 is 22.6 Å². The second-order valence-corrected chi connectivity index (χ2v) is 8.86. The van der Waals surface area contributed by atoms with Crippen LogP contribution < -0.4 is 5.73 Å². The summed E-state index contributed by atoms with van der Waals surface area (Å²) in [6.45, 7) is 15.3. The molecule has 0 bridgehead atoms. The number of thioether (sulfide) groups is 1. The second kappa shape index (κ2) is 7.65. The van der Waals surface area contributed by atoms with Crippen LogP contribution >= 0.6 is 11.8 Å². The van der Waals surface area contributed by atoms with Crippen LogP contribution in [-0.4, -0.2) is 5.17 Å². The van der Waals surface area contributed by atoms with Crippen LogP contribution in [0.25, 0.3) is 0 Å². The van der Waals surface area contributed by atoms with Crippen molar-refractivity contribution in [2.24, 2.45) is 10.7 Å². The number of hydrogen-bond donors (Lipinski definition) is 1. The van der Waals surface area contributed by atoms with Crippen molar-refractivity contribution in [1.82, 2.24) is 0 Å². The maximum absolute atomic E-state index is 6.18. The van der Waals surface area contributed by atoms with E-state index < -0.39 is 0 Å². The summed E-state index contributed by atoms with van der Waals surface area (Å²) in [5, 5.41) is 0.618. The van der Waals surface area contributed by atoms with Gasteiger partial charge in [0.2, 0.25) is 0 Å². The van der Waals surface area contributed by atoms with Crippen LogP contribution in [0.5, 0.6) is 0 Å². The summed E-state index contributed by atoms with van der Waals surface area (Å²) in [4.78, 5) is 4.61. The number of benzene rings is 2. The first kappa shape index (κ1) is 19.6. The average Bonchev–Trinajstić information content (AvgIpc) is 2.49. The number of rotatable bonds is 3. The normalized spacial score (nSPS) is 12.5. The molecular formula is C22H30N2S. The van der Waals surface area contributed by atoms with Gasteiger partial charge in [0, 0.05) is 5.75 Å². The van der Waals surface area contributed by atoms with E-state index in [0.29, 0.717) is 5.17 Å². The Bertz CT molecular complexity index is 775. The molecule has 0 saturated heterocycles. The number of hydrogen-bond acceptors (Lipinski definition) is 2. The maximum atomic E-state index is 6.18. The molecular weight excluding hydrogens is 324 g/mol. The third kappa shape index (κ3) is 5.12. The molecule has 0 aliphatic heterocycles. The van der Waals surface area contributed by atoms with Crippen LogP contribution in [0, 0.1) is 27.7 Å². The predicted octanol–water partition coefficient (Wildman–Crippen LogP) is 6.10. The van der Waals surface area contributed by atoms with Crippen LogP contribution in [0.2, 0.25) is 0 Å². The molecule has 0 heterocycles. The SMILES string of the molecule is Cc1ccc(C)c(N=C(N)SCc2c(C)cc(C(C)(C)C)cc2C)c1. The molecule has 2 nitrogen and oxygen atoms in total. The van der Waals surface area contributed by atoms with Crippen molar-refractivity contribution in [1.29, 1.82) is 0 Å². The fourth-order valence-corrected chi connectivity index (χ4v) is 3.70. The largest absolute Gasteiger partial charge is 0.378 e. The molecule has 2 rings (SSSR count). The quantitative estimate of drug-likeness (QED) is 0.534. The highest BCUT2D eigenvalue weighted by Gasteiger charge is 2.16. The maximum Gasteiger partial charge on any atom is 0.159 e. The lowest BCUT2D eigenvalue weighted by atomic mass is 9.84. The Kier molecular flexibility index (Phi) is 5.99. The van der Waals surface area contributed by atoms with E-state index in [1.165, 1.54) is 27.8 Å². The zero-order valence-electron chi connectivity index (χ0n) is 16.5. The summed E-state index contributed by atoms with van der Waals surface area (Å²) in [6, 6.07) is 10.9. The Hall–Kier alpha value is -1.74. The van der Waals surface area contributed by atoms with Gasteiger partial charge in [-0.05, 0) is 72.6 Å². The van der Waals surface area contributed by atoms with E-state index in [0.717, 1.165) is 17.0 Å². The molecule has 0 fully saturated rings. The molecule has 2 aromatic carbocycles. The number of nitrogens with two attached hydrogens (primary N) is 1. The van der Waals surface area contributed by atoms with Gasteiger partial charge in [0.1, 0.15) is 0 Å². The van der Waals surface area contributed by atoms with Gasteiger partial charge in [0.25, 0.3) is 0 Å². The van der Waals surface area contributed by atoms with E-state index in [2.05, 4.69) is 83.8 Å². The first-order valence-electron chi connectivity index (χ1n) is 8.72. The average molecular weight is 355 g/mol. The van der Waals surface area contributed by atoms with Crippen LogP contribution in [0.4, 0.5) is 5.69 Å². The summed E-state index contributed by atoms with van der Waals surface area (Å²) in [7, 11) is 0. The molecule has 2 aromatic rings. The van der Waals surface area contributed by atoms with Gasteiger partial charge in [-0.15, -0.1) is 0 Å². The Morgan fingerprint density at radius 2 is 1.56 bits per heavy atom. The van der Waals surface area contributed by atoms with E-state index in [1.807, 2.05) is 0 Å². The molecule has 0 atom stereocenters. The van der Waals surface area contributed by atoms with E-state index in [9.17, 15) is 0 Å². The van der Waals surface area contributed by atoms with Gasteiger partial charge in [-0.3, -0.25) is 0 Å². The number of amidine groups is 1. The molecule has 2 N–H and O–H groups in total. The third-order valence-corrected chi connectivity index (χ3v) is 5.34. The molecule has 0 radical (unpaired) electrons. The van der Waals surface area contributed by atoms with Crippen LogP contribution in [0.15, 0.2) is 35.3 Å². The van der Waals surface area contributed by atoms with Gasteiger partial charge in [-0.2, -0.15) is 0 Å². The molecule has 134 valence electrons. The minimum atomic E-state index is 0.171. The Morgan fingerprint density at radius 1 is 0.960 bits per heavy atom. The van der Waals surface area contributed by atoms with E-state index in [-0.39, 0.29) is 5.41 Å². The summed E-state index contributed by atoms with van der Waals surface area (Å²) in [5.74, 6) is 0.849. The van der Waals surface area contributed by atoms with Crippen molar-refractivity contribution in [2.75, 3.05) is 0 Å². The molecule has 0 aliphatic carbocycles. The van der Waals surface area contributed by atoms with E-state index in [4.69, 9.17) is 5.73 Å². The molecule has 0 unspecified atom stereocenters. The fraction of sp³-hybridized carbons (Fsp3) is 0.409. The molecule has 0 spiro atoms. The van der Waals surface area contributed by atoms with Gasteiger partial charge < -0.3 is 5.73 Å². The first-order valence-corrected chi connectivity index (χ1v) is 9.71. The number of aliphatic imine (C=N–C) groups is 1. The number of nitrogens with zero attached hydrogens (tertiary/aromatic N) is 1. The summed E-state index contributed by atoms with van der Waals surface area (Å²) >= 11 is 1.61.